The Hall–Kier alpha value is -0.750. The molecule has 0 amide bonds. The smallest absolute Gasteiger partial charge is 0.324 e. The molecule has 0 radical (unpaired) electrons. The fourth-order valence-electron chi connectivity index (χ4n) is 2.62. The van der Waals surface area contributed by atoms with Crippen LogP contribution in [0.4, 0.5) is 0 Å². The molecule has 2 N–H and O–H groups in total. The number of hydrogen-bond donors (Lipinski definition) is 2. The van der Waals surface area contributed by atoms with Gasteiger partial charge in [0, 0.05) is 11.0 Å². The summed E-state index contributed by atoms with van der Waals surface area (Å²) < 4.78 is 5.06. The van der Waals surface area contributed by atoms with Crippen LogP contribution in [0.5, 0.6) is 0 Å². The van der Waals surface area contributed by atoms with E-state index in [2.05, 4.69) is 5.32 Å². The average molecular weight is 331 g/mol. The van der Waals surface area contributed by atoms with Gasteiger partial charge in [0.2, 0.25) is 0 Å². The molecule has 0 heterocycles. The maximum atomic E-state index is 12.0. The molecule has 6 heteroatoms. The second-order valence-corrected chi connectivity index (χ2v) is 7.17. The van der Waals surface area contributed by atoms with E-state index in [1.165, 1.54) is 44.9 Å². The quantitative estimate of drug-likeness (QED) is 0.666. The molecule has 2 atom stereocenters. The highest BCUT2D eigenvalue weighted by Crippen LogP contribution is 2.27. The fraction of sp³-hybridized carbons (Fsp3) is 0.875. The highest BCUT2D eigenvalue weighted by molar-refractivity contribution is 7.99. The van der Waals surface area contributed by atoms with Gasteiger partial charge in [-0.3, -0.25) is 14.9 Å². The van der Waals surface area contributed by atoms with E-state index in [1.54, 1.807) is 25.6 Å². The number of nitrogens with one attached hydrogen (secondary N) is 1. The fourth-order valence-corrected chi connectivity index (χ4v) is 3.98. The summed E-state index contributed by atoms with van der Waals surface area (Å²) in [5.74, 6) is -0.736. The first-order chi connectivity index (χ1) is 10.5. The lowest BCUT2D eigenvalue weighted by Gasteiger charge is -2.23. The third kappa shape index (κ3) is 7.49. The molecule has 1 unspecified atom stereocenters. The number of thioether (sulfide) groups is 1. The molecule has 1 aliphatic rings. The van der Waals surface area contributed by atoms with Gasteiger partial charge in [-0.1, -0.05) is 32.1 Å². The number of hydrogen-bond acceptors (Lipinski definition) is 5. The summed E-state index contributed by atoms with van der Waals surface area (Å²) in [5.41, 5.74) is 0. The van der Waals surface area contributed by atoms with Gasteiger partial charge in [-0.2, -0.15) is 11.8 Å². The third-order valence-corrected chi connectivity index (χ3v) is 5.41. The maximum Gasteiger partial charge on any atom is 0.324 e. The van der Waals surface area contributed by atoms with Crippen LogP contribution >= 0.6 is 11.8 Å². The molecule has 5 nitrogen and oxygen atoms in total. The van der Waals surface area contributed by atoms with Crippen LogP contribution in [0.2, 0.25) is 0 Å². The largest absolute Gasteiger partial charge is 0.480 e. The van der Waals surface area contributed by atoms with Crippen LogP contribution in [0.3, 0.4) is 0 Å². The van der Waals surface area contributed by atoms with Gasteiger partial charge in [0.05, 0.1) is 6.61 Å². The van der Waals surface area contributed by atoms with Crippen LogP contribution < -0.4 is 5.32 Å². The van der Waals surface area contributed by atoms with E-state index in [0.29, 0.717) is 17.6 Å². The number of carboxylic acids is 1. The lowest BCUT2D eigenvalue weighted by atomic mass is 10.0. The van der Waals surface area contributed by atoms with Crippen LogP contribution in [-0.4, -0.2) is 46.7 Å². The van der Waals surface area contributed by atoms with Crippen LogP contribution in [0.15, 0.2) is 0 Å². The Balaban J connectivity index is 2.50. The number of carboxylic acid groups (broad SMARTS) is 1. The standard InChI is InChI=1S/C16H29NO4S/c1-3-21-16(20)14(17-12(2)15(18)19)11-22-13-9-7-5-4-6-8-10-13/h12-14,17H,3-11H2,1-2H3,(H,18,19)/t12?,14-/m0/s1. The molecule has 0 aromatic heterocycles. The predicted octanol–water partition coefficient (Wildman–Crippen LogP) is 2.83. The van der Waals surface area contributed by atoms with Crippen LogP contribution in [0, 0.1) is 0 Å². The molecule has 1 aliphatic carbocycles. The Bertz CT molecular complexity index is 343. The molecule has 0 aliphatic heterocycles. The Morgan fingerprint density at radius 3 is 2.36 bits per heavy atom. The van der Waals surface area contributed by atoms with E-state index in [9.17, 15) is 9.59 Å². The van der Waals surface area contributed by atoms with E-state index in [-0.39, 0.29) is 5.97 Å². The molecule has 0 saturated heterocycles. The van der Waals surface area contributed by atoms with Crippen molar-refractivity contribution in [1.82, 2.24) is 5.32 Å². The second-order valence-electron chi connectivity index (χ2n) is 5.83. The van der Waals surface area contributed by atoms with E-state index >= 15 is 0 Å². The topological polar surface area (TPSA) is 75.6 Å². The van der Waals surface area contributed by atoms with E-state index in [4.69, 9.17) is 9.84 Å². The number of aliphatic carboxylic acids is 1. The van der Waals surface area contributed by atoms with E-state index in [0.717, 1.165) is 0 Å². The van der Waals surface area contributed by atoms with Crippen molar-refractivity contribution in [2.45, 2.75) is 76.1 Å². The summed E-state index contributed by atoms with van der Waals surface area (Å²) >= 11 is 1.78. The monoisotopic (exact) mass is 331 g/mol. The minimum absolute atomic E-state index is 0.312. The van der Waals surface area contributed by atoms with Gasteiger partial charge in [0.15, 0.2) is 0 Å². The first-order valence-corrected chi connectivity index (χ1v) is 9.36. The summed E-state index contributed by atoms with van der Waals surface area (Å²) in [6.45, 7) is 3.62. The van der Waals surface area contributed by atoms with Crippen molar-refractivity contribution in [3.63, 3.8) is 0 Å². The van der Waals surface area contributed by atoms with Gasteiger partial charge in [-0.05, 0) is 26.7 Å². The van der Waals surface area contributed by atoms with E-state index < -0.39 is 18.1 Å². The Morgan fingerprint density at radius 2 is 1.82 bits per heavy atom. The number of esters is 1. The molecule has 0 bridgehead atoms. The zero-order valence-corrected chi connectivity index (χ0v) is 14.5. The maximum absolute atomic E-state index is 12.0. The van der Waals surface area contributed by atoms with Crippen LogP contribution in [0.25, 0.3) is 0 Å². The zero-order chi connectivity index (χ0) is 16.4. The highest BCUT2D eigenvalue weighted by atomic mass is 32.2. The lowest BCUT2D eigenvalue weighted by Crippen LogP contribution is -2.48. The first-order valence-electron chi connectivity index (χ1n) is 8.31. The molecule has 0 spiro atoms. The lowest BCUT2D eigenvalue weighted by molar-refractivity contribution is -0.146. The summed E-state index contributed by atoms with van der Waals surface area (Å²) in [6.07, 6.45) is 8.81. The van der Waals surface area contributed by atoms with Crippen molar-refractivity contribution < 1.29 is 19.4 Å². The molecule has 1 fully saturated rings. The molecule has 128 valence electrons. The minimum Gasteiger partial charge on any atom is -0.480 e. The van der Waals surface area contributed by atoms with Crippen molar-refractivity contribution >= 4 is 23.7 Å². The van der Waals surface area contributed by atoms with Crippen molar-refractivity contribution in [2.24, 2.45) is 0 Å². The SMILES string of the molecule is CCOC(=O)[C@H](CSC1CCCCCCC1)NC(C)C(=O)O. The summed E-state index contributed by atoms with van der Waals surface area (Å²) in [5, 5.41) is 12.4. The van der Waals surface area contributed by atoms with Gasteiger partial charge >= 0.3 is 11.9 Å². The predicted molar refractivity (Wildman–Crippen MR) is 89.2 cm³/mol. The molecular weight excluding hydrogens is 302 g/mol. The van der Waals surface area contributed by atoms with Gasteiger partial charge in [0.1, 0.15) is 12.1 Å². The first kappa shape index (κ1) is 19.3. The minimum atomic E-state index is -0.953. The number of carbonyl (C=O) groups excluding carboxylic acids is 1. The van der Waals surface area contributed by atoms with Crippen molar-refractivity contribution in [2.75, 3.05) is 12.4 Å². The van der Waals surface area contributed by atoms with Crippen molar-refractivity contribution in [1.29, 1.82) is 0 Å². The number of carbonyl (C=O) groups is 2. The molecule has 22 heavy (non-hydrogen) atoms. The molecule has 0 aromatic carbocycles. The number of rotatable bonds is 8. The average Bonchev–Trinajstić information content (AvgIpc) is 2.44. The summed E-state index contributed by atoms with van der Waals surface area (Å²) in [4.78, 5) is 23.0. The Kier molecular flexibility index (Phi) is 9.55. The molecular formula is C16H29NO4S. The van der Waals surface area contributed by atoms with Gasteiger partial charge in [0.25, 0.3) is 0 Å². The normalized spacial score (nSPS) is 19.7. The Morgan fingerprint density at radius 1 is 1.23 bits per heavy atom. The van der Waals surface area contributed by atoms with Gasteiger partial charge < -0.3 is 9.84 Å². The highest BCUT2D eigenvalue weighted by Gasteiger charge is 2.25. The zero-order valence-electron chi connectivity index (χ0n) is 13.7. The molecule has 1 rings (SSSR count). The van der Waals surface area contributed by atoms with Crippen LogP contribution in [-0.2, 0) is 14.3 Å². The molecule has 0 aromatic rings. The molecule has 1 saturated carbocycles. The Labute approximate surface area is 137 Å². The van der Waals surface area contributed by atoms with Gasteiger partial charge in [-0.15, -0.1) is 0 Å². The van der Waals surface area contributed by atoms with Gasteiger partial charge in [-0.25, -0.2) is 0 Å². The third-order valence-electron chi connectivity index (χ3n) is 3.94. The second kappa shape index (κ2) is 10.9. The van der Waals surface area contributed by atoms with Crippen LogP contribution in [0.1, 0.15) is 58.8 Å². The van der Waals surface area contributed by atoms with E-state index in [1.807, 2.05) is 0 Å². The number of ether oxygens (including phenoxy) is 1. The summed E-state index contributed by atoms with van der Waals surface area (Å²) in [7, 11) is 0. The summed E-state index contributed by atoms with van der Waals surface area (Å²) in [6, 6.07) is -1.31. The van der Waals surface area contributed by atoms with Crippen molar-refractivity contribution in [3.8, 4) is 0 Å². The van der Waals surface area contributed by atoms with Crippen molar-refractivity contribution in [3.05, 3.63) is 0 Å².